The third-order valence-electron chi connectivity index (χ3n) is 6.65. The number of carbonyl (C=O) groups is 2. The van der Waals surface area contributed by atoms with Gasteiger partial charge < -0.3 is 24.3 Å². The fourth-order valence-corrected chi connectivity index (χ4v) is 5.15. The molecule has 0 unspecified atom stereocenters. The number of ketones is 1. The first-order valence-corrected chi connectivity index (χ1v) is 12.1. The number of rotatable bonds is 8. The quantitative estimate of drug-likeness (QED) is 0.398. The van der Waals surface area contributed by atoms with Gasteiger partial charge >= 0.3 is 5.97 Å². The number of nitrogens with one attached hydrogen (secondary N) is 1. The van der Waals surface area contributed by atoms with E-state index >= 15 is 0 Å². The van der Waals surface area contributed by atoms with Crippen LogP contribution in [0.5, 0.6) is 11.5 Å². The summed E-state index contributed by atoms with van der Waals surface area (Å²) in [6, 6.07) is 13.1. The van der Waals surface area contributed by atoms with Gasteiger partial charge in [0, 0.05) is 41.1 Å². The van der Waals surface area contributed by atoms with E-state index in [1.807, 2.05) is 43.3 Å². The average Bonchev–Trinajstić information content (AvgIpc) is 2.87. The Morgan fingerprint density at radius 3 is 2.44 bits per heavy atom. The number of halogens is 1. The van der Waals surface area contributed by atoms with Crippen LogP contribution in [0.4, 0.5) is 0 Å². The molecule has 0 radical (unpaired) electrons. The van der Waals surface area contributed by atoms with Crippen molar-refractivity contribution < 1.29 is 28.5 Å². The molecule has 4 rings (SSSR count). The van der Waals surface area contributed by atoms with E-state index in [0.29, 0.717) is 51.8 Å². The number of para-hydroxylation sites is 1. The molecule has 1 N–H and O–H groups in total. The molecule has 0 bridgehead atoms. The topological polar surface area (TPSA) is 83.1 Å². The van der Waals surface area contributed by atoms with E-state index < -0.39 is 11.9 Å². The molecular formula is C28H30ClNO6. The van der Waals surface area contributed by atoms with Gasteiger partial charge in [-0.1, -0.05) is 35.9 Å². The normalized spacial score (nSPS) is 19.5. The van der Waals surface area contributed by atoms with Crippen LogP contribution in [0.25, 0.3) is 0 Å². The minimum absolute atomic E-state index is 0.00289. The maximum atomic E-state index is 13.8. The zero-order valence-corrected chi connectivity index (χ0v) is 21.6. The van der Waals surface area contributed by atoms with Crippen molar-refractivity contribution in [1.29, 1.82) is 0 Å². The summed E-state index contributed by atoms with van der Waals surface area (Å²) in [5.41, 5.74) is 4.07. The molecule has 190 valence electrons. The summed E-state index contributed by atoms with van der Waals surface area (Å²) < 4.78 is 21.8. The van der Waals surface area contributed by atoms with Gasteiger partial charge in [0.25, 0.3) is 0 Å². The van der Waals surface area contributed by atoms with Gasteiger partial charge in [-0.25, -0.2) is 4.79 Å². The second-order valence-corrected chi connectivity index (χ2v) is 9.22. The lowest BCUT2D eigenvalue weighted by atomic mass is 9.71. The van der Waals surface area contributed by atoms with Crippen molar-refractivity contribution in [3.63, 3.8) is 0 Å². The molecule has 0 amide bonds. The fraction of sp³-hybridized carbons (Fsp3) is 0.357. The summed E-state index contributed by atoms with van der Waals surface area (Å²) in [5.74, 6) is -0.222. The van der Waals surface area contributed by atoms with Crippen LogP contribution in [-0.4, -0.2) is 46.3 Å². The van der Waals surface area contributed by atoms with Crippen LogP contribution in [0.15, 0.2) is 65.0 Å². The highest BCUT2D eigenvalue weighted by atomic mass is 35.5. The molecule has 1 aliphatic heterocycles. The number of hydrogen-bond donors (Lipinski definition) is 1. The van der Waals surface area contributed by atoms with Gasteiger partial charge in [-0.3, -0.25) is 4.79 Å². The van der Waals surface area contributed by atoms with E-state index in [-0.39, 0.29) is 24.9 Å². The first-order valence-electron chi connectivity index (χ1n) is 11.8. The van der Waals surface area contributed by atoms with Crippen LogP contribution in [-0.2, 0) is 19.1 Å². The summed E-state index contributed by atoms with van der Waals surface area (Å²) >= 11 is 6.07. The van der Waals surface area contributed by atoms with Gasteiger partial charge in [0.2, 0.25) is 0 Å². The monoisotopic (exact) mass is 511 g/mol. The number of esters is 1. The van der Waals surface area contributed by atoms with Crippen LogP contribution in [0.3, 0.4) is 0 Å². The fourth-order valence-electron chi connectivity index (χ4n) is 5.03. The molecule has 0 saturated carbocycles. The average molecular weight is 512 g/mol. The third kappa shape index (κ3) is 4.99. The molecule has 8 heteroatoms. The first-order chi connectivity index (χ1) is 17.4. The molecule has 0 spiro atoms. The van der Waals surface area contributed by atoms with Crippen LogP contribution < -0.4 is 14.8 Å². The van der Waals surface area contributed by atoms with E-state index in [4.69, 9.17) is 30.5 Å². The Morgan fingerprint density at radius 1 is 1.03 bits per heavy atom. The SMILES string of the molecule is COCCOC(=O)C1=C(C)NC2=C(C(=O)C[C@@H](c3ccc(Cl)cc3)C2)[C@H]1c1cccc(OC)c1OC. The zero-order chi connectivity index (χ0) is 25.8. The number of hydrogen-bond acceptors (Lipinski definition) is 7. The Kier molecular flexibility index (Phi) is 8.01. The lowest BCUT2D eigenvalue weighted by Gasteiger charge is -2.37. The molecule has 0 fully saturated rings. The molecule has 1 heterocycles. The summed E-state index contributed by atoms with van der Waals surface area (Å²) in [4.78, 5) is 27.1. The van der Waals surface area contributed by atoms with Crippen LogP contribution in [0, 0.1) is 0 Å². The minimum Gasteiger partial charge on any atom is -0.493 e. The highest BCUT2D eigenvalue weighted by Crippen LogP contribution is 2.49. The number of methoxy groups -OCH3 is 3. The van der Waals surface area contributed by atoms with Crippen molar-refractivity contribution in [2.24, 2.45) is 0 Å². The molecule has 0 aromatic heterocycles. The Labute approximate surface area is 216 Å². The van der Waals surface area contributed by atoms with Crippen molar-refractivity contribution in [2.75, 3.05) is 34.5 Å². The predicted octanol–water partition coefficient (Wildman–Crippen LogP) is 4.91. The van der Waals surface area contributed by atoms with Crippen molar-refractivity contribution >= 4 is 23.4 Å². The van der Waals surface area contributed by atoms with E-state index in [0.717, 1.165) is 11.3 Å². The number of dihydropyridines is 1. The van der Waals surface area contributed by atoms with Gasteiger partial charge in [0.15, 0.2) is 17.3 Å². The summed E-state index contributed by atoms with van der Waals surface area (Å²) in [6.45, 7) is 2.20. The van der Waals surface area contributed by atoms with Gasteiger partial charge in [0.05, 0.1) is 32.3 Å². The third-order valence-corrected chi connectivity index (χ3v) is 6.91. The molecule has 0 saturated heterocycles. The number of benzene rings is 2. The molecule has 36 heavy (non-hydrogen) atoms. The molecule has 1 aliphatic carbocycles. The van der Waals surface area contributed by atoms with Gasteiger partial charge in [-0.2, -0.15) is 0 Å². The first kappa shape index (κ1) is 25.8. The zero-order valence-electron chi connectivity index (χ0n) is 20.9. The highest BCUT2D eigenvalue weighted by Gasteiger charge is 2.42. The van der Waals surface area contributed by atoms with E-state index in [1.165, 1.54) is 0 Å². The molecule has 2 aromatic rings. The minimum atomic E-state index is -0.667. The van der Waals surface area contributed by atoms with Gasteiger partial charge in [-0.05, 0) is 43.0 Å². The standard InChI is InChI=1S/C28H30ClNO6/c1-16-24(28(32)36-13-12-33-2)25(20-6-5-7-23(34-3)27(20)35-4)26-21(30-16)14-18(15-22(26)31)17-8-10-19(29)11-9-17/h5-11,18,25,30H,12-15H2,1-4H3/t18-,25-/m0/s1. The van der Waals surface area contributed by atoms with E-state index in [1.54, 1.807) is 27.4 Å². The van der Waals surface area contributed by atoms with Crippen molar-refractivity contribution in [1.82, 2.24) is 5.32 Å². The highest BCUT2D eigenvalue weighted by molar-refractivity contribution is 6.30. The second-order valence-electron chi connectivity index (χ2n) is 8.78. The number of ether oxygens (including phenoxy) is 4. The van der Waals surface area contributed by atoms with Gasteiger partial charge in [-0.15, -0.1) is 0 Å². The number of allylic oxidation sites excluding steroid dienone is 3. The van der Waals surface area contributed by atoms with Crippen LogP contribution in [0.2, 0.25) is 5.02 Å². The second kappa shape index (κ2) is 11.2. The number of carbonyl (C=O) groups excluding carboxylic acids is 2. The smallest absolute Gasteiger partial charge is 0.336 e. The van der Waals surface area contributed by atoms with Crippen molar-refractivity contribution in [3.05, 3.63) is 81.2 Å². The van der Waals surface area contributed by atoms with Crippen LogP contribution >= 0.6 is 11.6 Å². The molecule has 2 aromatic carbocycles. The van der Waals surface area contributed by atoms with Crippen LogP contribution in [0.1, 0.15) is 42.7 Å². The lowest BCUT2D eigenvalue weighted by molar-refractivity contribution is -0.140. The van der Waals surface area contributed by atoms with E-state index in [2.05, 4.69) is 5.32 Å². The Hall–Kier alpha value is -3.29. The lowest BCUT2D eigenvalue weighted by Crippen LogP contribution is -2.36. The Bertz CT molecular complexity index is 1220. The summed E-state index contributed by atoms with van der Waals surface area (Å²) in [6.07, 6.45) is 0.935. The molecule has 2 atom stereocenters. The number of Topliss-reactive ketones (excluding diaryl/α,β-unsaturated/α-hetero) is 1. The van der Waals surface area contributed by atoms with Crippen molar-refractivity contribution in [3.8, 4) is 11.5 Å². The summed E-state index contributed by atoms with van der Waals surface area (Å²) in [7, 11) is 4.64. The maximum Gasteiger partial charge on any atom is 0.336 e. The largest absolute Gasteiger partial charge is 0.493 e. The van der Waals surface area contributed by atoms with Crippen molar-refractivity contribution in [2.45, 2.75) is 31.6 Å². The molecule has 2 aliphatic rings. The molecule has 7 nitrogen and oxygen atoms in total. The Balaban J connectivity index is 1.82. The van der Waals surface area contributed by atoms with E-state index in [9.17, 15) is 9.59 Å². The molecular weight excluding hydrogens is 482 g/mol. The summed E-state index contributed by atoms with van der Waals surface area (Å²) in [5, 5.41) is 4.01. The predicted molar refractivity (Wildman–Crippen MR) is 136 cm³/mol. The maximum absolute atomic E-state index is 13.8. The Morgan fingerprint density at radius 2 is 1.78 bits per heavy atom. The van der Waals surface area contributed by atoms with Gasteiger partial charge in [0.1, 0.15) is 6.61 Å².